The highest BCUT2D eigenvalue weighted by molar-refractivity contribution is 5.98. The quantitative estimate of drug-likeness (QED) is 0.287. The number of ether oxygens (including phenoxy) is 1. The molecule has 1 fully saturated rings. The SMILES string of the molecule is COc1ccc(C[C@@H]2NC(=O)[C@H](CC(C)C)NC(=O)CN(C(=O)c3nc(N)nc4c3CCCC4)C[C@H](C(C)C)NC(=O)[C@@H](C)NC2=O)cc1. The monoisotopic (exact) mass is 678 g/mol. The summed E-state index contributed by atoms with van der Waals surface area (Å²) in [5.41, 5.74) is 8.35. The van der Waals surface area contributed by atoms with E-state index in [2.05, 4.69) is 31.2 Å². The van der Waals surface area contributed by atoms with Gasteiger partial charge in [-0.3, -0.25) is 24.0 Å². The molecule has 0 bridgehead atoms. The van der Waals surface area contributed by atoms with Crippen LogP contribution in [0, 0.1) is 11.8 Å². The fourth-order valence-corrected chi connectivity index (χ4v) is 6.10. The van der Waals surface area contributed by atoms with Gasteiger partial charge < -0.3 is 36.6 Å². The molecule has 14 nitrogen and oxygen atoms in total. The van der Waals surface area contributed by atoms with Crippen LogP contribution in [0.3, 0.4) is 0 Å². The summed E-state index contributed by atoms with van der Waals surface area (Å²) in [4.78, 5) is 78.9. The van der Waals surface area contributed by atoms with Crippen molar-refractivity contribution in [2.45, 2.75) is 97.3 Å². The zero-order chi connectivity index (χ0) is 35.8. The Kier molecular flexibility index (Phi) is 12.5. The van der Waals surface area contributed by atoms with Gasteiger partial charge in [-0.05, 0) is 68.6 Å². The maximum atomic E-state index is 14.2. The van der Waals surface area contributed by atoms with E-state index in [4.69, 9.17) is 10.5 Å². The number of aromatic nitrogens is 2. The normalized spacial score (nSPS) is 22.7. The lowest BCUT2D eigenvalue weighted by Gasteiger charge is -2.31. The fourth-order valence-electron chi connectivity index (χ4n) is 6.10. The smallest absolute Gasteiger partial charge is 0.273 e. The number of aryl methyl sites for hydroxylation is 1. The Balaban J connectivity index is 1.70. The number of anilines is 1. The van der Waals surface area contributed by atoms with E-state index < -0.39 is 60.2 Å². The molecule has 14 heteroatoms. The van der Waals surface area contributed by atoms with E-state index in [1.54, 1.807) is 38.3 Å². The van der Waals surface area contributed by atoms with Crippen LogP contribution in [0.4, 0.5) is 5.95 Å². The van der Waals surface area contributed by atoms with Crippen LogP contribution in [-0.2, 0) is 38.4 Å². The molecule has 1 aliphatic heterocycles. The maximum Gasteiger partial charge on any atom is 0.273 e. The first-order valence-corrected chi connectivity index (χ1v) is 17.0. The van der Waals surface area contributed by atoms with Gasteiger partial charge >= 0.3 is 0 Å². The number of amides is 5. The van der Waals surface area contributed by atoms with Gasteiger partial charge in [0.15, 0.2) is 0 Å². The second kappa shape index (κ2) is 16.6. The van der Waals surface area contributed by atoms with Crippen LogP contribution in [-0.4, -0.2) is 88.8 Å². The summed E-state index contributed by atoms with van der Waals surface area (Å²) in [6.45, 7) is 8.74. The topological polar surface area (TPSA) is 198 Å². The highest BCUT2D eigenvalue weighted by Crippen LogP contribution is 2.24. The molecular weight excluding hydrogens is 628 g/mol. The number of hydrogen-bond donors (Lipinski definition) is 5. The summed E-state index contributed by atoms with van der Waals surface area (Å²) in [7, 11) is 1.55. The minimum Gasteiger partial charge on any atom is -0.497 e. The molecule has 4 atom stereocenters. The second-order valence-electron chi connectivity index (χ2n) is 13.7. The van der Waals surface area contributed by atoms with E-state index in [0.717, 1.165) is 24.1 Å². The predicted molar refractivity (Wildman–Crippen MR) is 183 cm³/mol. The number of nitrogens with one attached hydrogen (secondary N) is 4. The highest BCUT2D eigenvalue weighted by atomic mass is 16.5. The summed E-state index contributed by atoms with van der Waals surface area (Å²) >= 11 is 0. The van der Waals surface area contributed by atoms with Crippen LogP contribution in [0.2, 0.25) is 0 Å². The van der Waals surface area contributed by atoms with Gasteiger partial charge in [-0.2, -0.15) is 0 Å². The van der Waals surface area contributed by atoms with Crippen LogP contribution in [0.5, 0.6) is 5.75 Å². The molecule has 1 aliphatic carbocycles. The van der Waals surface area contributed by atoms with Crippen molar-refractivity contribution in [2.75, 3.05) is 25.9 Å². The number of benzene rings is 1. The Morgan fingerprint density at radius 3 is 2.24 bits per heavy atom. The van der Waals surface area contributed by atoms with Crippen molar-refractivity contribution in [1.29, 1.82) is 0 Å². The summed E-state index contributed by atoms with van der Waals surface area (Å²) in [5.74, 6) is -2.22. The van der Waals surface area contributed by atoms with Crippen LogP contribution in [0.1, 0.15) is 81.2 Å². The molecule has 2 aliphatic rings. The molecule has 0 unspecified atom stereocenters. The molecule has 1 aromatic heterocycles. The van der Waals surface area contributed by atoms with Crippen molar-refractivity contribution >= 4 is 35.5 Å². The molecule has 1 aromatic carbocycles. The van der Waals surface area contributed by atoms with Gasteiger partial charge in [0.1, 0.15) is 29.6 Å². The Bertz CT molecular complexity index is 1530. The van der Waals surface area contributed by atoms with E-state index in [1.165, 1.54) is 4.90 Å². The van der Waals surface area contributed by atoms with Crippen molar-refractivity contribution in [2.24, 2.45) is 11.8 Å². The van der Waals surface area contributed by atoms with Crippen LogP contribution < -0.4 is 31.7 Å². The zero-order valence-electron chi connectivity index (χ0n) is 29.3. The second-order valence-corrected chi connectivity index (χ2v) is 13.7. The molecular formula is C35H50N8O6. The molecule has 2 heterocycles. The van der Waals surface area contributed by atoms with Gasteiger partial charge in [0.25, 0.3) is 5.91 Å². The molecule has 266 valence electrons. The zero-order valence-corrected chi connectivity index (χ0v) is 29.3. The molecule has 2 aromatic rings. The van der Waals surface area contributed by atoms with Gasteiger partial charge in [0, 0.05) is 30.3 Å². The molecule has 4 rings (SSSR count). The third kappa shape index (κ3) is 9.89. The number of nitrogen functional groups attached to an aromatic ring is 1. The van der Waals surface area contributed by atoms with Gasteiger partial charge in [-0.25, -0.2) is 9.97 Å². The van der Waals surface area contributed by atoms with Crippen LogP contribution in [0.15, 0.2) is 24.3 Å². The van der Waals surface area contributed by atoms with Crippen molar-refractivity contribution in [3.8, 4) is 5.75 Å². The van der Waals surface area contributed by atoms with Crippen molar-refractivity contribution < 1.29 is 28.7 Å². The lowest BCUT2D eigenvalue weighted by atomic mass is 9.94. The maximum absolute atomic E-state index is 14.2. The predicted octanol–water partition coefficient (Wildman–Crippen LogP) is 1.31. The Labute approximate surface area is 287 Å². The minimum absolute atomic E-state index is 0.00687. The van der Waals surface area contributed by atoms with Gasteiger partial charge in [-0.15, -0.1) is 0 Å². The van der Waals surface area contributed by atoms with Gasteiger partial charge in [-0.1, -0.05) is 39.8 Å². The van der Waals surface area contributed by atoms with E-state index in [-0.39, 0.29) is 42.9 Å². The van der Waals surface area contributed by atoms with E-state index in [9.17, 15) is 24.0 Å². The Hall–Kier alpha value is -4.75. The van der Waals surface area contributed by atoms with Gasteiger partial charge in [0.05, 0.1) is 13.7 Å². The van der Waals surface area contributed by atoms with E-state index in [0.29, 0.717) is 24.2 Å². The molecule has 5 amide bonds. The number of carbonyl (C=O) groups is 5. The number of hydrogen-bond acceptors (Lipinski definition) is 9. The van der Waals surface area contributed by atoms with Crippen LogP contribution >= 0.6 is 0 Å². The lowest BCUT2D eigenvalue weighted by molar-refractivity contribution is -0.133. The first-order valence-electron chi connectivity index (χ1n) is 17.0. The molecule has 0 radical (unpaired) electrons. The van der Waals surface area contributed by atoms with Crippen molar-refractivity contribution in [3.63, 3.8) is 0 Å². The van der Waals surface area contributed by atoms with Crippen LogP contribution in [0.25, 0.3) is 0 Å². The molecule has 1 saturated heterocycles. The largest absolute Gasteiger partial charge is 0.497 e. The number of methoxy groups -OCH3 is 1. The lowest BCUT2D eigenvalue weighted by Crippen LogP contribution is -2.57. The van der Waals surface area contributed by atoms with E-state index in [1.807, 2.05) is 27.7 Å². The number of rotatable bonds is 7. The number of carbonyl (C=O) groups excluding carboxylic acids is 5. The average molecular weight is 679 g/mol. The standard InChI is InChI=1S/C35H50N8O6/c1-19(2)15-26-33(47)39-27(16-22-11-13-23(49-6)14-12-22)32(46)37-21(5)31(45)40-28(20(3)4)17-43(18-29(44)38-26)34(48)30-24-9-7-8-10-25(24)41-35(36)42-30/h11-14,19-21,26-28H,7-10,15-18H2,1-6H3,(H,37,46)(H,38,44)(H,39,47)(H,40,45)(H2,36,41,42)/t21-,26+,27+,28-/m1/s1. The number of fused-ring (bicyclic) bond motifs is 1. The first-order chi connectivity index (χ1) is 23.2. The van der Waals surface area contributed by atoms with E-state index >= 15 is 0 Å². The number of nitrogens with zero attached hydrogens (tertiary/aromatic N) is 3. The summed E-state index contributed by atoms with van der Waals surface area (Å²) in [6.07, 6.45) is 3.46. The summed E-state index contributed by atoms with van der Waals surface area (Å²) in [5, 5.41) is 11.3. The first kappa shape index (κ1) is 37.1. The van der Waals surface area contributed by atoms with Crippen molar-refractivity contribution in [3.05, 3.63) is 46.8 Å². The third-order valence-electron chi connectivity index (χ3n) is 8.92. The Morgan fingerprint density at radius 2 is 1.59 bits per heavy atom. The third-order valence-corrected chi connectivity index (χ3v) is 8.92. The van der Waals surface area contributed by atoms with Gasteiger partial charge in [0.2, 0.25) is 29.6 Å². The fraction of sp³-hybridized carbons (Fsp3) is 0.571. The number of nitrogens with two attached hydrogens (primary N) is 1. The molecule has 49 heavy (non-hydrogen) atoms. The molecule has 0 spiro atoms. The minimum atomic E-state index is -1.05. The average Bonchev–Trinajstić information content (AvgIpc) is 3.05. The molecule has 0 saturated carbocycles. The summed E-state index contributed by atoms with van der Waals surface area (Å²) < 4.78 is 5.24. The highest BCUT2D eigenvalue weighted by Gasteiger charge is 2.34. The molecule has 6 N–H and O–H groups in total. The summed E-state index contributed by atoms with van der Waals surface area (Å²) in [6, 6.07) is 3.47. The Morgan fingerprint density at radius 1 is 0.918 bits per heavy atom. The van der Waals surface area contributed by atoms with Crippen molar-refractivity contribution in [1.82, 2.24) is 36.1 Å².